The summed E-state index contributed by atoms with van der Waals surface area (Å²) in [5, 5.41) is 0. The topological polar surface area (TPSA) is 482 Å². The second kappa shape index (κ2) is 59.8. The highest BCUT2D eigenvalue weighted by atomic mass is 16.8. The standard InChI is InChI=1S/C16H24O8.C15H22O7.C13H20O6.2C12H18O6.C11H16O5.C9H14O4/c1-9(2)16(18)19-6-5-14(17)24-15(12-7-20-10(3)22-12)13-8-21-11(4)23-13;1-8(2)15(17)20-5-11(16)14(12-6-18-9(3)21-12)13-7-19-10(4)22-13;1-7(2)13(14)19-12(10-5-15-8(3)17-10)11-6-16-9(4)18-11;2*1-8(2)12(14)15-5-4-11(13)17-7-10-6-16-9(3)18-10;1-7(2)11(13)15-5-9(12)4-10-6-14-8(3)16-10;1-6(2)9(10)12-5-8-4-11-7(3)13-8/h10-13,15H,1,5-8H2,2-4H3;9-10,12-14H,1,5-7H2,2-4H3;8-12H,1,5-6H2,2-4H3;2*9-10H,1,4-7H2,2-3H3;8,10H,1,4-6H2,2-3H3;7-8H,1,4-5H2,2-3H3. The molecule has 0 N–H and O–H groups in total. The molecule has 42 heteroatoms. The van der Waals surface area contributed by atoms with E-state index >= 15 is 0 Å². The first-order valence-corrected chi connectivity index (χ1v) is 42.4. The summed E-state index contributed by atoms with van der Waals surface area (Å²) in [4.78, 5) is 137. The van der Waals surface area contributed by atoms with Gasteiger partial charge in [0, 0.05) is 45.4 Å². The molecule has 10 aliphatic rings. The molecule has 0 aliphatic carbocycles. The largest absolute Gasteiger partial charge is 0.463 e. The fourth-order valence-electron chi connectivity index (χ4n) is 11.8. The normalized spacial score (nSPS) is 28.4. The van der Waals surface area contributed by atoms with Gasteiger partial charge < -0.3 is 142 Å². The summed E-state index contributed by atoms with van der Waals surface area (Å²) in [5.41, 5.74) is 2.13. The molecule has 20 atom stereocenters. The van der Waals surface area contributed by atoms with E-state index < -0.39 is 96.3 Å². The molecule has 0 aromatic heterocycles. The molecule has 0 spiro atoms. The number of ketones is 2. The Kier molecular flexibility index (Phi) is 52.3. The van der Waals surface area contributed by atoms with Gasteiger partial charge >= 0.3 is 59.7 Å². The van der Waals surface area contributed by atoms with E-state index in [1.807, 2.05) is 0 Å². The first-order chi connectivity index (χ1) is 61.3. The van der Waals surface area contributed by atoms with E-state index in [0.29, 0.717) is 88.4 Å². The van der Waals surface area contributed by atoms with Gasteiger partial charge in [-0.2, -0.15) is 0 Å². The lowest BCUT2D eigenvalue weighted by molar-refractivity contribution is -0.172. The summed E-state index contributed by atoms with van der Waals surface area (Å²) in [7, 11) is 0. The molecule has 10 heterocycles. The van der Waals surface area contributed by atoms with Crippen molar-refractivity contribution >= 4 is 71.3 Å². The van der Waals surface area contributed by atoms with Gasteiger partial charge in [0.1, 0.15) is 89.0 Å². The van der Waals surface area contributed by atoms with Crippen molar-refractivity contribution in [2.45, 2.75) is 280 Å². The number of esters is 10. The molecule has 10 rings (SSSR count). The molecule has 10 saturated heterocycles. The number of carbonyl (C=O) groups is 12. The first kappa shape index (κ1) is 114. The molecule has 0 bridgehead atoms. The molecule has 0 amide bonds. The molecular formula is C88H132O42. The van der Waals surface area contributed by atoms with Crippen molar-refractivity contribution in [1.82, 2.24) is 0 Å². The Morgan fingerprint density at radius 1 is 0.262 bits per heavy atom. The van der Waals surface area contributed by atoms with Crippen molar-refractivity contribution in [2.24, 2.45) is 5.92 Å². The molecule has 42 nitrogen and oxygen atoms in total. The molecule has 736 valence electrons. The number of Topliss-reactive ketones (excluding diaryl/α,β-unsaturated/α-hetero) is 2. The van der Waals surface area contributed by atoms with E-state index in [1.165, 1.54) is 20.8 Å². The molecule has 0 saturated carbocycles. The van der Waals surface area contributed by atoms with Crippen molar-refractivity contribution in [3.63, 3.8) is 0 Å². The fraction of sp³-hybridized carbons (Fsp3) is 0.705. The van der Waals surface area contributed by atoms with E-state index in [9.17, 15) is 57.5 Å². The van der Waals surface area contributed by atoms with Crippen molar-refractivity contribution in [3.8, 4) is 0 Å². The maximum Gasteiger partial charge on any atom is 0.333 e. The number of carbonyl (C=O) groups excluding carboxylic acids is 12. The zero-order valence-electron chi connectivity index (χ0n) is 77.4. The van der Waals surface area contributed by atoms with Crippen molar-refractivity contribution in [2.75, 3.05) is 119 Å². The van der Waals surface area contributed by atoms with E-state index in [-0.39, 0.29) is 212 Å². The molecule has 130 heavy (non-hydrogen) atoms. The van der Waals surface area contributed by atoms with Gasteiger partial charge in [-0.25, -0.2) is 33.6 Å². The van der Waals surface area contributed by atoms with Gasteiger partial charge in [-0.05, 0) is 118 Å². The maximum atomic E-state index is 12.5. The van der Waals surface area contributed by atoms with E-state index in [0.717, 1.165) is 0 Å². The molecule has 0 aromatic carbocycles. The minimum absolute atomic E-state index is 0.0110. The van der Waals surface area contributed by atoms with Crippen LogP contribution in [0.2, 0.25) is 0 Å². The highest BCUT2D eigenvalue weighted by molar-refractivity contribution is 5.92. The first-order valence-electron chi connectivity index (χ1n) is 42.4. The lowest BCUT2D eigenvalue weighted by Gasteiger charge is -2.26. The monoisotopic (exact) mass is 1860 g/mol. The van der Waals surface area contributed by atoms with Crippen LogP contribution in [0.1, 0.15) is 143 Å². The Hall–Kier alpha value is -8.58. The Balaban J connectivity index is 0.000000320. The van der Waals surface area contributed by atoms with Crippen LogP contribution in [0, 0.1) is 5.92 Å². The Bertz CT molecular complexity index is 3620. The van der Waals surface area contributed by atoms with Gasteiger partial charge in [0.15, 0.2) is 93.3 Å². The number of hydrogen-bond donors (Lipinski definition) is 0. The minimum atomic E-state index is -0.649. The van der Waals surface area contributed by atoms with Gasteiger partial charge in [0.25, 0.3) is 0 Å². The second-order valence-electron chi connectivity index (χ2n) is 30.9. The highest BCUT2D eigenvalue weighted by Gasteiger charge is 2.47. The van der Waals surface area contributed by atoms with Gasteiger partial charge in [0.05, 0.1) is 110 Å². The van der Waals surface area contributed by atoms with Crippen LogP contribution in [0.3, 0.4) is 0 Å². The molecule has 0 radical (unpaired) electrons. The lowest BCUT2D eigenvalue weighted by atomic mass is 9.92. The minimum Gasteiger partial charge on any atom is -0.463 e. The van der Waals surface area contributed by atoms with Crippen LogP contribution in [-0.4, -0.2) is 326 Å². The van der Waals surface area contributed by atoms with E-state index in [4.69, 9.17) is 142 Å². The predicted molar refractivity (Wildman–Crippen MR) is 446 cm³/mol. The Labute approximate surface area is 757 Å². The van der Waals surface area contributed by atoms with E-state index in [1.54, 1.807) is 96.9 Å². The Morgan fingerprint density at radius 2 is 0.500 bits per heavy atom. The third kappa shape index (κ3) is 45.2. The van der Waals surface area contributed by atoms with Crippen LogP contribution in [-0.2, 0) is 200 Å². The van der Waals surface area contributed by atoms with Crippen LogP contribution in [0.5, 0.6) is 0 Å². The third-order valence-corrected chi connectivity index (χ3v) is 18.4. The van der Waals surface area contributed by atoms with Crippen molar-refractivity contribution < 1.29 is 200 Å². The van der Waals surface area contributed by atoms with Gasteiger partial charge in [-0.3, -0.25) is 24.0 Å². The zero-order valence-corrected chi connectivity index (χ0v) is 77.4. The summed E-state index contributed by atoms with van der Waals surface area (Å²) in [6, 6.07) is 0. The SMILES string of the molecule is C=C(C)C(=O)OC(C1COC(C)O1)C1COC(C)O1.C=C(C)C(=O)OCC(=O)C(C1COC(C)O1)C1COC(C)O1.C=C(C)C(=O)OCC(=O)CC1COC(C)O1.C=C(C)C(=O)OCC1COC(C)O1.C=C(C)C(=O)OCCC(=O)OC(C1COC(C)O1)C1COC(C)O1.C=C(C)C(=O)OCCC(=O)OCC1COC(C)O1.C=C(C)C(=O)OCCC(=O)OCC1COC(C)O1. The third-order valence-electron chi connectivity index (χ3n) is 18.4. The average Bonchev–Trinajstić information content (AvgIpc) is 1.68. The summed E-state index contributed by atoms with van der Waals surface area (Å²) in [6.07, 6.45) is -7.38. The fourth-order valence-corrected chi connectivity index (χ4v) is 11.8. The number of hydrogen-bond acceptors (Lipinski definition) is 42. The average molecular weight is 1860 g/mol. The van der Waals surface area contributed by atoms with Gasteiger partial charge in [-0.1, -0.05) is 46.1 Å². The summed E-state index contributed by atoms with van der Waals surface area (Å²) in [5.74, 6) is -6.01. The molecule has 20 unspecified atom stereocenters. The smallest absolute Gasteiger partial charge is 0.333 e. The van der Waals surface area contributed by atoms with Crippen molar-refractivity contribution in [3.05, 3.63) is 85.1 Å². The van der Waals surface area contributed by atoms with Crippen LogP contribution in [0.25, 0.3) is 0 Å². The van der Waals surface area contributed by atoms with Crippen LogP contribution >= 0.6 is 0 Å². The van der Waals surface area contributed by atoms with Crippen LogP contribution in [0.4, 0.5) is 0 Å². The zero-order chi connectivity index (χ0) is 97.0. The van der Waals surface area contributed by atoms with Crippen LogP contribution in [0.15, 0.2) is 85.1 Å². The van der Waals surface area contributed by atoms with Crippen molar-refractivity contribution in [1.29, 1.82) is 0 Å². The number of rotatable bonds is 37. The van der Waals surface area contributed by atoms with Crippen LogP contribution < -0.4 is 0 Å². The molecule has 10 fully saturated rings. The lowest BCUT2D eigenvalue weighted by Crippen LogP contribution is -2.44. The highest BCUT2D eigenvalue weighted by Crippen LogP contribution is 2.31. The molecule has 0 aromatic rings. The Morgan fingerprint density at radius 3 is 0.777 bits per heavy atom. The molecular weight excluding hydrogens is 1730 g/mol. The quantitative estimate of drug-likeness (QED) is 0.0389. The second-order valence-corrected chi connectivity index (χ2v) is 30.9. The summed E-state index contributed by atoms with van der Waals surface area (Å²) < 4.78 is 157. The summed E-state index contributed by atoms with van der Waals surface area (Å²) >= 11 is 0. The van der Waals surface area contributed by atoms with Gasteiger partial charge in [-0.15, -0.1) is 0 Å². The maximum absolute atomic E-state index is 12.5. The van der Waals surface area contributed by atoms with Gasteiger partial charge in [0.2, 0.25) is 0 Å². The predicted octanol–water partition coefficient (Wildman–Crippen LogP) is 6.04. The summed E-state index contributed by atoms with van der Waals surface area (Å²) in [6.45, 7) is 56.4. The van der Waals surface area contributed by atoms with E-state index in [2.05, 4.69) is 46.1 Å². The molecule has 10 aliphatic heterocycles. The number of ether oxygens (including phenoxy) is 30.